The van der Waals surface area contributed by atoms with Gasteiger partial charge in [0.2, 0.25) is 0 Å². The fraction of sp³-hybridized carbons (Fsp3) is 0.0385. The molecular formula is C26H20N4O3S. The Balaban J connectivity index is 1.33. The number of amides is 2. The molecule has 0 unspecified atom stereocenters. The number of benzene rings is 2. The van der Waals surface area contributed by atoms with Gasteiger partial charge in [0.1, 0.15) is 5.69 Å². The molecule has 0 aliphatic heterocycles. The summed E-state index contributed by atoms with van der Waals surface area (Å²) in [5.41, 5.74) is 3.43. The third-order valence-corrected chi connectivity index (χ3v) is 5.97. The minimum Gasteiger partial charge on any atom is -0.459 e. The number of carbonyl (C=O) groups is 2. The van der Waals surface area contributed by atoms with Gasteiger partial charge in [-0.25, -0.2) is 0 Å². The van der Waals surface area contributed by atoms with Crippen molar-refractivity contribution >= 4 is 34.5 Å². The zero-order valence-electron chi connectivity index (χ0n) is 18.0. The lowest BCUT2D eigenvalue weighted by atomic mass is 10.2. The van der Waals surface area contributed by atoms with Crippen molar-refractivity contribution in [2.24, 2.45) is 0 Å². The number of nitrogens with one attached hydrogen (secondary N) is 2. The third-order valence-electron chi connectivity index (χ3n) is 5.09. The van der Waals surface area contributed by atoms with E-state index in [4.69, 9.17) is 9.52 Å². The highest BCUT2D eigenvalue weighted by molar-refractivity contribution is 7.13. The predicted molar refractivity (Wildman–Crippen MR) is 132 cm³/mol. The molecule has 2 N–H and O–H groups in total. The number of hydrogen-bond acceptors (Lipinski definition) is 5. The molecule has 7 nitrogen and oxygen atoms in total. The summed E-state index contributed by atoms with van der Waals surface area (Å²) in [5.74, 6) is -0.366. The van der Waals surface area contributed by atoms with E-state index in [9.17, 15) is 9.59 Å². The molecule has 0 saturated heterocycles. The molecule has 168 valence electrons. The molecule has 5 rings (SSSR count). The maximum atomic E-state index is 13.2. The van der Waals surface area contributed by atoms with Gasteiger partial charge in [-0.3, -0.25) is 14.3 Å². The molecule has 3 aromatic heterocycles. The first-order valence-electron chi connectivity index (χ1n) is 10.6. The SMILES string of the molecule is O=C(Nc1ccc(NC(=O)c2cn(Cc3ccccc3)nc2-c2cccs2)cc1)c1ccco1. The molecule has 0 radical (unpaired) electrons. The Labute approximate surface area is 199 Å². The molecular weight excluding hydrogens is 448 g/mol. The van der Waals surface area contributed by atoms with Crippen LogP contribution in [0.2, 0.25) is 0 Å². The summed E-state index contributed by atoms with van der Waals surface area (Å²) in [6.07, 6.45) is 3.22. The van der Waals surface area contributed by atoms with Crippen molar-refractivity contribution in [3.8, 4) is 10.6 Å². The second-order valence-corrected chi connectivity index (χ2v) is 8.46. The van der Waals surface area contributed by atoms with Crippen LogP contribution in [0.25, 0.3) is 10.6 Å². The van der Waals surface area contributed by atoms with Crippen molar-refractivity contribution in [3.63, 3.8) is 0 Å². The molecule has 0 saturated carbocycles. The second-order valence-electron chi connectivity index (χ2n) is 7.51. The largest absolute Gasteiger partial charge is 0.459 e. The van der Waals surface area contributed by atoms with E-state index in [1.54, 1.807) is 47.3 Å². The van der Waals surface area contributed by atoms with Crippen LogP contribution in [0.5, 0.6) is 0 Å². The van der Waals surface area contributed by atoms with Crippen LogP contribution in [0.15, 0.2) is 101 Å². The van der Waals surface area contributed by atoms with Crippen LogP contribution in [0, 0.1) is 0 Å². The molecule has 0 bridgehead atoms. The smallest absolute Gasteiger partial charge is 0.291 e. The minimum atomic E-state index is -0.340. The van der Waals surface area contributed by atoms with E-state index >= 15 is 0 Å². The molecule has 8 heteroatoms. The normalized spacial score (nSPS) is 10.7. The Hall–Kier alpha value is -4.43. The monoisotopic (exact) mass is 468 g/mol. The Morgan fingerprint density at radius 3 is 2.24 bits per heavy atom. The molecule has 0 fully saturated rings. The van der Waals surface area contributed by atoms with Crippen molar-refractivity contribution in [2.45, 2.75) is 6.54 Å². The number of carbonyl (C=O) groups excluding carboxylic acids is 2. The fourth-order valence-electron chi connectivity index (χ4n) is 3.47. The Bertz CT molecular complexity index is 1390. The van der Waals surface area contributed by atoms with E-state index < -0.39 is 0 Å². The van der Waals surface area contributed by atoms with Gasteiger partial charge < -0.3 is 15.1 Å². The van der Waals surface area contributed by atoms with Gasteiger partial charge in [0.25, 0.3) is 11.8 Å². The highest BCUT2D eigenvalue weighted by Gasteiger charge is 2.19. The molecule has 3 heterocycles. The van der Waals surface area contributed by atoms with E-state index in [-0.39, 0.29) is 17.6 Å². The van der Waals surface area contributed by atoms with Crippen LogP contribution < -0.4 is 10.6 Å². The van der Waals surface area contributed by atoms with Crippen molar-refractivity contribution in [2.75, 3.05) is 10.6 Å². The third kappa shape index (κ3) is 4.82. The molecule has 2 aromatic carbocycles. The van der Waals surface area contributed by atoms with Gasteiger partial charge in [-0.05, 0) is 53.4 Å². The summed E-state index contributed by atoms with van der Waals surface area (Å²) >= 11 is 1.54. The average Bonchev–Trinajstić information content (AvgIpc) is 3.62. The first kappa shape index (κ1) is 21.4. The van der Waals surface area contributed by atoms with Crippen molar-refractivity contribution < 1.29 is 14.0 Å². The Morgan fingerprint density at radius 1 is 0.853 bits per heavy atom. The summed E-state index contributed by atoms with van der Waals surface area (Å²) in [6.45, 7) is 0.566. The molecule has 0 aliphatic carbocycles. The van der Waals surface area contributed by atoms with Gasteiger partial charge >= 0.3 is 0 Å². The van der Waals surface area contributed by atoms with Crippen LogP contribution in [0.1, 0.15) is 26.5 Å². The maximum Gasteiger partial charge on any atom is 0.291 e. The molecule has 0 aliphatic rings. The number of aromatic nitrogens is 2. The standard InChI is InChI=1S/C26H20N4O3S/c31-25(27-19-10-12-20(13-11-19)28-26(32)22-8-4-14-33-22)21-17-30(16-18-6-2-1-3-7-18)29-24(21)23-9-5-15-34-23/h1-15,17H,16H2,(H,27,31)(H,28,32). The number of nitrogens with zero attached hydrogens (tertiary/aromatic N) is 2. The summed E-state index contributed by atoms with van der Waals surface area (Å²) < 4.78 is 6.88. The number of anilines is 2. The van der Waals surface area contributed by atoms with E-state index in [0.29, 0.717) is 29.2 Å². The first-order chi connectivity index (χ1) is 16.7. The summed E-state index contributed by atoms with van der Waals surface area (Å²) in [4.78, 5) is 26.2. The number of hydrogen-bond donors (Lipinski definition) is 2. The first-order valence-corrected chi connectivity index (χ1v) is 11.5. The quantitative estimate of drug-likeness (QED) is 0.318. The lowest BCUT2D eigenvalue weighted by molar-refractivity contribution is 0.0994. The van der Waals surface area contributed by atoms with Crippen LogP contribution >= 0.6 is 11.3 Å². The van der Waals surface area contributed by atoms with Gasteiger partial charge in [-0.1, -0.05) is 36.4 Å². The maximum absolute atomic E-state index is 13.2. The number of furan rings is 1. The van der Waals surface area contributed by atoms with Crippen LogP contribution in [-0.2, 0) is 6.54 Å². The van der Waals surface area contributed by atoms with Gasteiger partial charge in [-0.2, -0.15) is 5.10 Å². The van der Waals surface area contributed by atoms with E-state index in [1.807, 2.05) is 47.8 Å². The zero-order valence-corrected chi connectivity index (χ0v) is 18.8. The van der Waals surface area contributed by atoms with Crippen molar-refractivity contribution in [1.29, 1.82) is 0 Å². The number of thiophene rings is 1. The molecule has 5 aromatic rings. The summed E-state index contributed by atoms with van der Waals surface area (Å²) in [7, 11) is 0. The van der Waals surface area contributed by atoms with E-state index in [0.717, 1.165) is 10.4 Å². The minimum absolute atomic E-state index is 0.228. The predicted octanol–water partition coefficient (Wildman–Crippen LogP) is 5.76. The fourth-order valence-corrected chi connectivity index (χ4v) is 4.19. The Kier molecular flexibility index (Phi) is 6.05. The van der Waals surface area contributed by atoms with Crippen LogP contribution in [-0.4, -0.2) is 21.6 Å². The Morgan fingerprint density at radius 2 is 1.59 bits per heavy atom. The summed E-state index contributed by atoms with van der Waals surface area (Å²) in [5, 5.41) is 12.3. The topological polar surface area (TPSA) is 89.2 Å². The average molecular weight is 469 g/mol. The van der Waals surface area contributed by atoms with E-state index in [1.165, 1.54) is 17.6 Å². The molecule has 0 spiro atoms. The van der Waals surface area contributed by atoms with Gasteiger partial charge in [0.05, 0.1) is 23.2 Å². The van der Waals surface area contributed by atoms with Crippen molar-refractivity contribution in [3.05, 3.63) is 114 Å². The molecule has 34 heavy (non-hydrogen) atoms. The highest BCUT2D eigenvalue weighted by atomic mass is 32.1. The van der Waals surface area contributed by atoms with Gasteiger partial charge in [0, 0.05) is 17.6 Å². The van der Waals surface area contributed by atoms with E-state index in [2.05, 4.69) is 10.6 Å². The second kappa shape index (κ2) is 9.60. The van der Waals surface area contributed by atoms with Crippen LogP contribution in [0.4, 0.5) is 11.4 Å². The molecule has 0 atom stereocenters. The number of rotatable bonds is 7. The van der Waals surface area contributed by atoms with Gasteiger partial charge in [0.15, 0.2) is 5.76 Å². The zero-order chi connectivity index (χ0) is 23.3. The van der Waals surface area contributed by atoms with Gasteiger partial charge in [-0.15, -0.1) is 11.3 Å². The summed E-state index contributed by atoms with van der Waals surface area (Å²) in [6, 6.07) is 24.0. The lowest BCUT2D eigenvalue weighted by Gasteiger charge is -2.07. The molecule has 2 amide bonds. The van der Waals surface area contributed by atoms with Crippen LogP contribution in [0.3, 0.4) is 0 Å². The van der Waals surface area contributed by atoms with Crippen molar-refractivity contribution in [1.82, 2.24) is 9.78 Å². The highest BCUT2D eigenvalue weighted by Crippen LogP contribution is 2.28. The lowest BCUT2D eigenvalue weighted by Crippen LogP contribution is -2.13.